The number of hydrogen-bond donors (Lipinski definition) is 1. The SMILES string of the molecule is Cc1nnc2ccc(N3CCCC(C(=O)Nc4nccs4)C3)nn12. The molecule has 0 spiro atoms. The third-order valence-electron chi connectivity index (χ3n) is 4.18. The average Bonchev–Trinajstić information content (AvgIpc) is 3.25. The van der Waals surface area contributed by atoms with Crippen molar-refractivity contribution in [2.75, 3.05) is 23.3 Å². The van der Waals surface area contributed by atoms with Gasteiger partial charge in [-0.25, -0.2) is 4.98 Å². The predicted octanol–water partition coefficient (Wildman–Crippen LogP) is 1.74. The number of rotatable bonds is 3. The number of aromatic nitrogens is 5. The molecule has 8 nitrogen and oxygen atoms in total. The number of amides is 1. The Morgan fingerprint density at radius 2 is 2.29 bits per heavy atom. The molecule has 1 aliphatic heterocycles. The summed E-state index contributed by atoms with van der Waals surface area (Å²) < 4.78 is 1.73. The summed E-state index contributed by atoms with van der Waals surface area (Å²) in [6, 6.07) is 3.84. The molecule has 24 heavy (non-hydrogen) atoms. The maximum atomic E-state index is 12.5. The van der Waals surface area contributed by atoms with E-state index in [2.05, 4.69) is 30.5 Å². The molecule has 1 aliphatic rings. The summed E-state index contributed by atoms with van der Waals surface area (Å²) in [5, 5.41) is 18.1. The fourth-order valence-corrected chi connectivity index (χ4v) is 3.48. The molecule has 1 atom stereocenters. The monoisotopic (exact) mass is 343 g/mol. The second-order valence-corrected chi connectivity index (χ2v) is 6.71. The van der Waals surface area contributed by atoms with Crippen molar-refractivity contribution < 1.29 is 4.79 Å². The second-order valence-electron chi connectivity index (χ2n) is 5.82. The Morgan fingerprint density at radius 3 is 3.12 bits per heavy atom. The van der Waals surface area contributed by atoms with E-state index in [0.717, 1.165) is 36.7 Å². The maximum Gasteiger partial charge on any atom is 0.231 e. The van der Waals surface area contributed by atoms with Crippen molar-refractivity contribution in [3.05, 3.63) is 29.5 Å². The van der Waals surface area contributed by atoms with Gasteiger partial charge in [-0.05, 0) is 31.9 Å². The topological polar surface area (TPSA) is 88.3 Å². The van der Waals surface area contributed by atoms with Gasteiger partial charge in [-0.2, -0.15) is 4.52 Å². The number of anilines is 2. The lowest BCUT2D eigenvalue weighted by Gasteiger charge is -2.32. The number of piperidine rings is 1. The fourth-order valence-electron chi connectivity index (χ4n) is 2.95. The summed E-state index contributed by atoms with van der Waals surface area (Å²) in [5.41, 5.74) is 0.728. The summed E-state index contributed by atoms with van der Waals surface area (Å²) in [5.74, 6) is 1.55. The van der Waals surface area contributed by atoms with Gasteiger partial charge in [0.2, 0.25) is 5.91 Å². The quantitative estimate of drug-likeness (QED) is 0.779. The molecule has 3 aromatic rings. The summed E-state index contributed by atoms with van der Waals surface area (Å²) >= 11 is 1.43. The summed E-state index contributed by atoms with van der Waals surface area (Å²) in [7, 11) is 0. The minimum Gasteiger partial charge on any atom is -0.354 e. The van der Waals surface area contributed by atoms with E-state index in [4.69, 9.17) is 0 Å². The van der Waals surface area contributed by atoms with Crippen molar-refractivity contribution in [1.82, 2.24) is 24.8 Å². The number of thiazole rings is 1. The first-order valence-electron chi connectivity index (χ1n) is 7.85. The summed E-state index contributed by atoms with van der Waals surface area (Å²) in [6.45, 7) is 3.41. The Morgan fingerprint density at radius 1 is 1.38 bits per heavy atom. The minimum absolute atomic E-state index is 0.0243. The van der Waals surface area contributed by atoms with Gasteiger partial charge in [0.05, 0.1) is 5.92 Å². The highest BCUT2D eigenvalue weighted by Crippen LogP contribution is 2.23. The molecule has 0 saturated carbocycles. The Bertz CT molecular complexity index is 860. The molecule has 1 fully saturated rings. The van der Waals surface area contributed by atoms with Gasteiger partial charge in [-0.15, -0.1) is 26.6 Å². The third kappa shape index (κ3) is 2.82. The molecular weight excluding hydrogens is 326 g/mol. The molecule has 1 amide bonds. The zero-order valence-corrected chi connectivity index (χ0v) is 14.0. The van der Waals surface area contributed by atoms with E-state index in [1.54, 1.807) is 10.7 Å². The van der Waals surface area contributed by atoms with Crippen molar-refractivity contribution in [1.29, 1.82) is 0 Å². The fraction of sp³-hybridized carbons (Fsp3) is 0.400. The van der Waals surface area contributed by atoms with Crippen molar-refractivity contribution in [3.63, 3.8) is 0 Å². The molecule has 4 heterocycles. The zero-order valence-electron chi connectivity index (χ0n) is 13.2. The van der Waals surface area contributed by atoms with E-state index in [0.29, 0.717) is 11.7 Å². The first-order valence-corrected chi connectivity index (χ1v) is 8.73. The van der Waals surface area contributed by atoms with Gasteiger partial charge in [0.25, 0.3) is 0 Å². The lowest BCUT2D eigenvalue weighted by molar-refractivity contribution is -0.120. The van der Waals surface area contributed by atoms with Crippen molar-refractivity contribution >= 4 is 33.8 Å². The first-order chi connectivity index (χ1) is 11.7. The highest BCUT2D eigenvalue weighted by atomic mass is 32.1. The van der Waals surface area contributed by atoms with E-state index < -0.39 is 0 Å². The number of aryl methyl sites for hydroxylation is 1. The Hall–Kier alpha value is -2.55. The maximum absolute atomic E-state index is 12.5. The number of fused-ring (bicyclic) bond motifs is 1. The average molecular weight is 343 g/mol. The largest absolute Gasteiger partial charge is 0.354 e. The van der Waals surface area contributed by atoms with Gasteiger partial charge < -0.3 is 10.2 Å². The van der Waals surface area contributed by atoms with Crippen LogP contribution in [-0.4, -0.2) is 43.8 Å². The number of nitrogens with one attached hydrogen (secondary N) is 1. The van der Waals surface area contributed by atoms with Crippen LogP contribution in [0.1, 0.15) is 18.7 Å². The normalized spacial score (nSPS) is 18.0. The zero-order chi connectivity index (χ0) is 16.5. The van der Waals surface area contributed by atoms with Gasteiger partial charge >= 0.3 is 0 Å². The molecular formula is C15H17N7OS. The van der Waals surface area contributed by atoms with E-state index in [-0.39, 0.29) is 11.8 Å². The number of carbonyl (C=O) groups excluding carboxylic acids is 1. The van der Waals surface area contributed by atoms with Crippen LogP contribution in [0.15, 0.2) is 23.7 Å². The smallest absolute Gasteiger partial charge is 0.231 e. The number of nitrogens with zero attached hydrogens (tertiary/aromatic N) is 6. The van der Waals surface area contributed by atoms with E-state index in [1.165, 1.54) is 11.3 Å². The van der Waals surface area contributed by atoms with Gasteiger partial charge in [0, 0.05) is 24.7 Å². The Kier molecular flexibility index (Phi) is 3.85. The lowest BCUT2D eigenvalue weighted by atomic mass is 9.97. The van der Waals surface area contributed by atoms with Crippen LogP contribution >= 0.6 is 11.3 Å². The third-order valence-corrected chi connectivity index (χ3v) is 4.87. The first kappa shape index (κ1) is 15.0. The molecule has 124 valence electrons. The van der Waals surface area contributed by atoms with Gasteiger partial charge in [-0.3, -0.25) is 4.79 Å². The van der Waals surface area contributed by atoms with Gasteiger partial charge in [0.1, 0.15) is 5.82 Å². The van der Waals surface area contributed by atoms with E-state index in [9.17, 15) is 4.79 Å². The van der Waals surface area contributed by atoms with Crippen LogP contribution < -0.4 is 10.2 Å². The van der Waals surface area contributed by atoms with Crippen LogP contribution in [0.5, 0.6) is 0 Å². The molecule has 9 heteroatoms. The van der Waals surface area contributed by atoms with Crippen LogP contribution in [0, 0.1) is 12.8 Å². The Balaban J connectivity index is 1.51. The van der Waals surface area contributed by atoms with Crippen LogP contribution in [0.3, 0.4) is 0 Å². The summed E-state index contributed by atoms with van der Waals surface area (Å²) in [4.78, 5) is 18.7. The molecule has 1 unspecified atom stereocenters. The minimum atomic E-state index is -0.0674. The molecule has 1 saturated heterocycles. The van der Waals surface area contributed by atoms with Crippen LogP contribution in [0.4, 0.5) is 10.9 Å². The summed E-state index contributed by atoms with van der Waals surface area (Å²) in [6.07, 6.45) is 3.52. The van der Waals surface area contributed by atoms with Crippen LogP contribution in [-0.2, 0) is 4.79 Å². The van der Waals surface area contributed by atoms with Gasteiger partial charge in [-0.1, -0.05) is 0 Å². The van der Waals surface area contributed by atoms with E-state index >= 15 is 0 Å². The molecule has 4 rings (SSSR count). The second kappa shape index (κ2) is 6.16. The predicted molar refractivity (Wildman–Crippen MR) is 91.2 cm³/mol. The lowest BCUT2D eigenvalue weighted by Crippen LogP contribution is -2.41. The molecule has 0 aliphatic carbocycles. The highest BCUT2D eigenvalue weighted by Gasteiger charge is 2.27. The van der Waals surface area contributed by atoms with Gasteiger partial charge in [0.15, 0.2) is 16.6 Å². The number of carbonyl (C=O) groups is 1. The van der Waals surface area contributed by atoms with Crippen molar-refractivity contribution in [2.24, 2.45) is 5.92 Å². The van der Waals surface area contributed by atoms with E-state index in [1.807, 2.05) is 24.4 Å². The van der Waals surface area contributed by atoms with Crippen LogP contribution in [0.25, 0.3) is 5.65 Å². The molecule has 3 aromatic heterocycles. The molecule has 0 bridgehead atoms. The molecule has 1 N–H and O–H groups in total. The van der Waals surface area contributed by atoms with Crippen molar-refractivity contribution in [3.8, 4) is 0 Å². The molecule has 0 aromatic carbocycles. The highest BCUT2D eigenvalue weighted by molar-refractivity contribution is 7.13. The molecule has 0 radical (unpaired) electrons. The van der Waals surface area contributed by atoms with Crippen LogP contribution in [0.2, 0.25) is 0 Å². The Labute approximate surface area is 142 Å². The standard InChI is InChI=1S/C15H17N7OS/c1-10-18-19-12-4-5-13(20-22(10)12)21-7-2-3-11(9-21)14(23)17-15-16-6-8-24-15/h4-6,8,11H,2-3,7,9H2,1H3,(H,16,17,23). The number of hydrogen-bond acceptors (Lipinski definition) is 7. The van der Waals surface area contributed by atoms with Crippen molar-refractivity contribution in [2.45, 2.75) is 19.8 Å².